The van der Waals surface area contributed by atoms with Crippen LogP contribution in [0.15, 0.2) is 77.9 Å². The number of hydrogen-bond donors (Lipinski definition) is 1. The first kappa shape index (κ1) is 26.6. The lowest BCUT2D eigenvalue weighted by Gasteiger charge is -2.34. The minimum atomic E-state index is -0.310. The minimum Gasteiger partial charge on any atom is -0.340 e. The first-order valence-electron chi connectivity index (χ1n) is 13.3. The van der Waals surface area contributed by atoms with Crippen LogP contribution in [0.1, 0.15) is 45.7 Å². The first-order valence-corrected chi connectivity index (χ1v) is 14.2. The van der Waals surface area contributed by atoms with E-state index in [9.17, 15) is 4.79 Å². The molecule has 2 aliphatic heterocycles. The lowest BCUT2D eigenvalue weighted by Crippen LogP contribution is -2.51. The van der Waals surface area contributed by atoms with Gasteiger partial charge in [-0.25, -0.2) is 9.67 Å². The Morgan fingerprint density at radius 2 is 1.80 bits per heavy atom. The van der Waals surface area contributed by atoms with Crippen molar-refractivity contribution in [2.45, 2.75) is 43.2 Å². The third-order valence-electron chi connectivity index (χ3n) is 7.86. The first-order chi connectivity index (χ1) is 19.0. The van der Waals surface area contributed by atoms with E-state index in [4.69, 9.17) is 10.1 Å². The number of halogens is 1. The number of pyridine rings is 1. The van der Waals surface area contributed by atoms with Gasteiger partial charge in [-0.05, 0) is 55.5 Å². The number of nitrogens with one attached hydrogen (secondary N) is 1. The molecule has 1 aliphatic carbocycles. The van der Waals surface area contributed by atoms with Crippen LogP contribution in [0.3, 0.4) is 0 Å². The van der Waals surface area contributed by atoms with Crippen LogP contribution in [0.4, 0.5) is 17.3 Å². The van der Waals surface area contributed by atoms with E-state index in [-0.39, 0.29) is 36.4 Å². The standard InChI is InChI=1S/C30H28BrN7O.H2S/c1-18-11-16-22(32-17-18)19-12-14-20(15-13-19)26(31)38-27(33-21-7-4-3-5-8-21)25-28(35-38)37-24-10-6-9-23(24)34-30(37)36(2)29(25)39;/h3-5,7-8,11-17,23-24,26,33H,6,9-10H2,1-2H3;1H2/t23-,24+,26?;/m1./s1. The van der Waals surface area contributed by atoms with Gasteiger partial charge in [-0.2, -0.15) is 18.6 Å². The summed E-state index contributed by atoms with van der Waals surface area (Å²) in [6, 6.07) is 22.7. The van der Waals surface area contributed by atoms with Gasteiger partial charge in [-0.1, -0.05) is 64.5 Å². The molecule has 1 fully saturated rings. The van der Waals surface area contributed by atoms with Gasteiger partial charge < -0.3 is 5.32 Å². The van der Waals surface area contributed by atoms with E-state index in [1.807, 2.05) is 61.2 Å². The van der Waals surface area contributed by atoms with E-state index < -0.39 is 0 Å². The number of amides is 1. The Labute approximate surface area is 248 Å². The Hall–Kier alpha value is -3.63. The van der Waals surface area contributed by atoms with Gasteiger partial charge in [0.25, 0.3) is 5.91 Å². The quantitative estimate of drug-likeness (QED) is 0.269. The van der Waals surface area contributed by atoms with Gasteiger partial charge in [0, 0.05) is 24.5 Å². The highest BCUT2D eigenvalue weighted by Crippen LogP contribution is 2.44. The number of fused-ring (bicyclic) bond motifs is 5. The fourth-order valence-electron chi connectivity index (χ4n) is 5.81. The predicted octanol–water partition coefficient (Wildman–Crippen LogP) is 6.23. The number of aromatic nitrogens is 3. The zero-order valence-corrected chi connectivity index (χ0v) is 24.8. The molecule has 1 N–H and O–H groups in total. The summed E-state index contributed by atoms with van der Waals surface area (Å²) < 4.78 is 1.88. The zero-order chi connectivity index (χ0) is 26.7. The molecule has 204 valence electrons. The molecule has 0 spiro atoms. The molecule has 0 saturated heterocycles. The second-order valence-corrected chi connectivity index (χ2v) is 11.3. The molecule has 2 aromatic carbocycles. The summed E-state index contributed by atoms with van der Waals surface area (Å²) in [5, 5.41) is 8.60. The van der Waals surface area contributed by atoms with Gasteiger partial charge in [0.15, 0.2) is 5.82 Å². The number of nitrogens with zero attached hydrogens (tertiary/aromatic N) is 6. The summed E-state index contributed by atoms with van der Waals surface area (Å²) in [7, 11) is 1.81. The van der Waals surface area contributed by atoms with Crippen molar-refractivity contribution in [1.29, 1.82) is 0 Å². The smallest absolute Gasteiger partial charge is 0.267 e. The fourth-order valence-corrected chi connectivity index (χ4v) is 6.41. The fraction of sp³-hybridized carbons (Fsp3) is 0.267. The van der Waals surface area contributed by atoms with Crippen LogP contribution in [0.5, 0.6) is 0 Å². The van der Waals surface area contributed by atoms with Crippen LogP contribution in [-0.4, -0.2) is 50.7 Å². The van der Waals surface area contributed by atoms with Gasteiger partial charge in [0.2, 0.25) is 5.96 Å². The highest BCUT2D eigenvalue weighted by molar-refractivity contribution is 9.09. The second kappa shape index (κ2) is 10.4. The van der Waals surface area contributed by atoms with E-state index >= 15 is 0 Å². The number of aliphatic imine (C=N–C) groups is 1. The average Bonchev–Trinajstić information content (AvgIpc) is 3.66. The third-order valence-corrected chi connectivity index (χ3v) is 8.77. The Morgan fingerprint density at radius 1 is 1.02 bits per heavy atom. The number of carbonyl (C=O) groups excluding carboxylic acids is 1. The molecule has 8 nitrogen and oxygen atoms in total. The molecule has 1 saturated carbocycles. The molecule has 10 heteroatoms. The highest BCUT2D eigenvalue weighted by Gasteiger charge is 2.49. The largest absolute Gasteiger partial charge is 0.340 e. The van der Waals surface area contributed by atoms with Gasteiger partial charge in [0.05, 0.1) is 17.8 Å². The van der Waals surface area contributed by atoms with Crippen molar-refractivity contribution < 1.29 is 4.79 Å². The number of benzene rings is 2. The summed E-state index contributed by atoms with van der Waals surface area (Å²) in [6.07, 6.45) is 5.10. The summed E-state index contributed by atoms with van der Waals surface area (Å²) in [6.45, 7) is 2.03. The molecule has 7 rings (SSSR count). The highest BCUT2D eigenvalue weighted by atomic mass is 79.9. The number of alkyl halides is 1. The molecule has 1 amide bonds. The van der Waals surface area contributed by atoms with Crippen molar-refractivity contribution in [3.63, 3.8) is 0 Å². The molecule has 2 aromatic heterocycles. The van der Waals surface area contributed by atoms with Crippen molar-refractivity contribution in [1.82, 2.24) is 19.7 Å². The Bertz CT molecular complexity index is 1590. The van der Waals surface area contributed by atoms with E-state index in [1.54, 1.807) is 4.90 Å². The van der Waals surface area contributed by atoms with E-state index in [2.05, 4.69) is 61.5 Å². The van der Waals surface area contributed by atoms with Gasteiger partial charge in [-0.3, -0.25) is 19.6 Å². The topological polar surface area (TPSA) is 78.7 Å². The third kappa shape index (κ3) is 4.30. The van der Waals surface area contributed by atoms with E-state index in [0.717, 1.165) is 47.3 Å². The maximum atomic E-state index is 13.8. The van der Waals surface area contributed by atoms with Crippen molar-refractivity contribution in [3.05, 3.63) is 89.6 Å². The number of rotatable bonds is 5. The van der Waals surface area contributed by atoms with Crippen molar-refractivity contribution in [3.8, 4) is 11.3 Å². The number of anilines is 3. The molecule has 40 heavy (non-hydrogen) atoms. The average molecular weight is 617 g/mol. The summed E-state index contributed by atoms with van der Waals surface area (Å²) in [4.78, 5) is 26.8. The molecular formula is C30H30BrN7OS. The SMILES string of the molecule is Cc1ccc(-c2ccc(C(Br)n3nc4c(c3Nc3ccccc3)C(=O)N(C)C3=N[C@@H]5CCC[C@@H]5N34)cc2)nc1.S. The molecule has 3 atom stereocenters. The summed E-state index contributed by atoms with van der Waals surface area (Å²) in [5.74, 6) is 1.93. The second-order valence-electron chi connectivity index (χ2n) is 10.4. The van der Waals surface area contributed by atoms with Crippen molar-refractivity contribution in [2.24, 2.45) is 4.99 Å². The van der Waals surface area contributed by atoms with Crippen molar-refractivity contribution >= 4 is 58.6 Å². The molecule has 4 heterocycles. The summed E-state index contributed by atoms with van der Waals surface area (Å²) >= 11 is 3.91. The number of carbonyl (C=O) groups is 1. The van der Waals surface area contributed by atoms with Crippen LogP contribution >= 0.6 is 29.4 Å². The molecular weight excluding hydrogens is 586 g/mol. The molecule has 0 radical (unpaired) electrons. The monoisotopic (exact) mass is 615 g/mol. The molecule has 1 unspecified atom stereocenters. The Balaban J connectivity index is 0.00000289. The Morgan fingerprint density at radius 3 is 2.52 bits per heavy atom. The van der Waals surface area contributed by atoms with Crippen LogP contribution in [0.25, 0.3) is 11.3 Å². The number of hydrogen-bond acceptors (Lipinski definition) is 6. The minimum absolute atomic E-state index is 0. The van der Waals surface area contributed by atoms with Gasteiger partial charge in [0.1, 0.15) is 16.3 Å². The maximum Gasteiger partial charge on any atom is 0.267 e. The predicted molar refractivity (Wildman–Crippen MR) is 167 cm³/mol. The van der Waals surface area contributed by atoms with Crippen LogP contribution in [-0.2, 0) is 0 Å². The normalized spacial score (nSPS) is 19.9. The lowest BCUT2D eigenvalue weighted by atomic mass is 10.1. The number of aryl methyl sites for hydroxylation is 1. The van der Waals surface area contributed by atoms with E-state index in [0.29, 0.717) is 23.2 Å². The van der Waals surface area contributed by atoms with Crippen LogP contribution in [0, 0.1) is 6.92 Å². The maximum absolute atomic E-state index is 13.8. The number of guanidine groups is 1. The van der Waals surface area contributed by atoms with Crippen LogP contribution in [0.2, 0.25) is 0 Å². The van der Waals surface area contributed by atoms with Crippen LogP contribution < -0.4 is 10.2 Å². The lowest BCUT2D eigenvalue weighted by molar-refractivity contribution is 0.0866. The van der Waals surface area contributed by atoms with Crippen molar-refractivity contribution in [2.75, 3.05) is 17.3 Å². The van der Waals surface area contributed by atoms with E-state index in [1.165, 1.54) is 0 Å². The van der Waals surface area contributed by atoms with Gasteiger partial charge >= 0.3 is 0 Å². The molecule has 3 aliphatic rings. The number of para-hydroxylation sites is 1. The zero-order valence-electron chi connectivity index (χ0n) is 22.3. The summed E-state index contributed by atoms with van der Waals surface area (Å²) in [5.41, 5.74) is 5.57. The molecule has 0 bridgehead atoms. The van der Waals surface area contributed by atoms with Gasteiger partial charge in [-0.15, -0.1) is 0 Å². The Kier molecular flexibility index (Phi) is 6.92. The molecule has 4 aromatic rings.